The molecule has 1 amide bonds. The molecular weight excluding hydrogens is 448 g/mol. The molecule has 35 heavy (non-hydrogen) atoms. The minimum absolute atomic E-state index is 0.0696. The lowest BCUT2D eigenvalue weighted by molar-refractivity contribution is -0.127. The highest BCUT2D eigenvalue weighted by molar-refractivity contribution is 5.79. The second-order valence-electron chi connectivity index (χ2n) is 8.45. The number of amides is 1. The number of carbonyl (C=O) groups is 1. The largest absolute Gasteiger partial charge is 0.494 e. The van der Waals surface area contributed by atoms with E-state index >= 15 is 0 Å². The second-order valence-corrected chi connectivity index (χ2v) is 8.45. The summed E-state index contributed by atoms with van der Waals surface area (Å²) in [6.45, 7) is 5.13. The number of nitrogens with one attached hydrogen (secondary N) is 1. The first-order valence-electron chi connectivity index (χ1n) is 11.9. The van der Waals surface area contributed by atoms with E-state index in [-0.39, 0.29) is 11.8 Å². The van der Waals surface area contributed by atoms with Gasteiger partial charge in [-0.2, -0.15) is 4.98 Å². The molecule has 4 rings (SSSR count). The fraction of sp³-hybridized carbons (Fsp3) is 0.423. The topological polar surface area (TPSA) is 99.0 Å². The lowest BCUT2D eigenvalue weighted by Crippen LogP contribution is -2.42. The predicted molar refractivity (Wildman–Crippen MR) is 130 cm³/mol. The Bertz CT molecular complexity index is 1120. The third kappa shape index (κ3) is 6.30. The Morgan fingerprint density at radius 1 is 1.14 bits per heavy atom. The van der Waals surface area contributed by atoms with Crippen molar-refractivity contribution in [1.82, 2.24) is 20.4 Å². The molecule has 2 heterocycles. The van der Waals surface area contributed by atoms with Gasteiger partial charge in [0.2, 0.25) is 17.6 Å². The summed E-state index contributed by atoms with van der Waals surface area (Å²) in [6, 6.07) is 13.3. The standard InChI is InChI=1S/C26H32N4O5/c1-4-34-21-10-7-18(8-11-21)15-27-26(31)20-6-5-13-30(16-20)17-24-28-25(29-35-24)19-9-12-22(32-2)23(14-19)33-3/h7-12,14,20H,4-6,13,15-17H2,1-3H3,(H,27,31). The molecule has 1 atom stereocenters. The minimum Gasteiger partial charge on any atom is -0.494 e. The second kappa shape index (κ2) is 11.7. The monoisotopic (exact) mass is 480 g/mol. The van der Waals surface area contributed by atoms with Crippen LogP contribution < -0.4 is 19.5 Å². The Hall–Kier alpha value is -3.59. The van der Waals surface area contributed by atoms with Gasteiger partial charge in [-0.3, -0.25) is 9.69 Å². The van der Waals surface area contributed by atoms with Gasteiger partial charge in [-0.1, -0.05) is 17.3 Å². The summed E-state index contributed by atoms with van der Waals surface area (Å²) in [5, 5.41) is 7.19. The summed E-state index contributed by atoms with van der Waals surface area (Å²) in [6.07, 6.45) is 1.81. The number of nitrogens with zero attached hydrogens (tertiary/aromatic N) is 3. The molecule has 1 saturated heterocycles. The van der Waals surface area contributed by atoms with Gasteiger partial charge in [0, 0.05) is 18.7 Å². The van der Waals surface area contributed by atoms with E-state index in [2.05, 4.69) is 20.4 Å². The molecule has 0 spiro atoms. The van der Waals surface area contributed by atoms with Crippen LogP contribution in [0.25, 0.3) is 11.4 Å². The summed E-state index contributed by atoms with van der Waals surface area (Å²) < 4.78 is 21.6. The van der Waals surface area contributed by atoms with Crippen LogP contribution in [-0.4, -0.2) is 54.9 Å². The molecule has 186 valence electrons. The molecule has 3 aromatic rings. The van der Waals surface area contributed by atoms with E-state index < -0.39 is 0 Å². The molecule has 1 aliphatic heterocycles. The van der Waals surface area contributed by atoms with Crippen molar-refractivity contribution in [2.24, 2.45) is 5.92 Å². The number of aromatic nitrogens is 2. The quantitative estimate of drug-likeness (QED) is 0.469. The Morgan fingerprint density at radius 3 is 2.69 bits per heavy atom. The van der Waals surface area contributed by atoms with Crippen LogP contribution in [0.5, 0.6) is 17.2 Å². The molecular formula is C26H32N4O5. The first kappa shape index (κ1) is 24.5. The molecule has 9 nitrogen and oxygen atoms in total. The summed E-state index contributed by atoms with van der Waals surface area (Å²) in [4.78, 5) is 19.5. The third-order valence-electron chi connectivity index (χ3n) is 6.05. The lowest BCUT2D eigenvalue weighted by atomic mass is 9.97. The van der Waals surface area contributed by atoms with Crippen LogP contribution in [-0.2, 0) is 17.9 Å². The van der Waals surface area contributed by atoms with E-state index in [4.69, 9.17) is 18.7 Å². The summed E-state index contributed by atoms with van der Waals surface area (Å²) in [7, 11) is 3.18. The van der Waals surface area contributed by atoms with Crippen molar-refractivity contribution in [3.8, 4) is 28.6 Å². The highest BCUT2D eigenvalue weighted by atomic mass is 16.5. The smallest absolute Gasteiger partial charge is 0.241 e. The number of hydrogen-bond acceptors (Lipinski definition) is 8. The van der Waals surface area contributed by atoms with E-state index in [1.807, 2.05) is 49.4 Å². The number of rotatable bonds is 10. The van der Waals surface area contributed by atoms with Crippen molar-refractivity contribution in [3.05, 3.63) is 53.9 Å². The van der Waals surface area contributed by atoms with Crippen LogP contribution in [0, 0.1) is 5.92 Å². The minimum atomic E-state index is -0.0697. The fourth-order valence-electron chi connectivity index (χ4n) is 4.22. The number of ether oxygens (including phenoxy) is 3. The zero-order valence-electron chi connectivity index (χ0n) is 20.5. The molecule has 9 heteroatoms. The van der Waals surface area contributed by atoms with Crippen molar-refractivity contribution in [3.63, 3.8) is 0 Å². The molecule has 0 bridgehead atoms. The molecule has 0 aliphatic carbocycles. The normalized spacial score (nSPS) is 16.0. The van der Waals surface area contributed by atoms with Crippen molar-refractivity contribution in [1.29, 1.82) is 0 Å². The molecule has 1 N–H and O–H groups in total. The van der Waals surface area contributed by atoms with E-state index in [9.17, 15) is 4.79 Å². The number of methoxy groups -OCH3 is 2. The van der Waals surface area contributed by atoms with E-state index in [0.717, 1.165) is 36.3 Å². The third-order valence-corrected chi connectivity index (χ3v) is 6.05. The average molecular weight is 481 g/mol. The van der Waals surface area contributed by atoms with Crippen LogP contribution in [0.1, 0.15) is 31.2 Å². The van der Waals surface area contributed by atoms with Gasteiger partial charge in [0.25, 0.3) is 0 Å². The molecule has 1 aliphatic rings. The predicted octanol–water partition coefficient (Wildman–Crippen LogP) is 3.68. The van der Waals surface area contributed by atoms with Gasteiger partial charge >= 0.3 is 0 Å². The number of carbonyl (C=O) groups excluding carboxylic acids is 1. The highest BCUT2D eigenvalue weighted by Crippen LogP contribution is 2.31. The number of hydrogen-bond donors (Lipinski definition) is 1. The van der Waals surface area contributed by atoms with Crippen LogP contribution in [0.2, 0.25) is 0 Å². The zero-order chi connectivity index (χ0) is 24.6. The first-order chi connectivity index (χ1) is 17.1. The van der Waals surface area contributed by atoms with Crippen molar-refractivity contribution in [2.75, 3.05) is 33.9 Å². The summed E-state index contributed by atoms with van der Waals surface area (Å²) in [5.74, 6) is 3.08. The zero-order valence-corrected chi connectivity index (χ0v) is 20.5. The van der Waals surface area contributed by atoms with Gasteiger partial charge in [-0.05, 0) is 62.2 Å². The van der Waals surface area contributed by atoms with Gasteiger partial charge in [0.1, 0.15) is 5.75 Å². The van der Waals surface area contributed by atoms with Gasteiger partial charge in [0.05, 0.1) is 33.3 Å². The Morgan fingerprint density at radius 2 is 1.94 bits per heavy atom. The van der Waals surface area contributed by atoms with E-state index in [0.29, 0.717) is 49.5 Å². The van der Waals surface area contributed by atoms with Crippen LogP contribution >= 0.6 is 0 Å². The Kier molecular flexibility index (Phi) is 8.20. The first-order valence-corrected chi connectivity index (χ1v) is 11.9. The number of likely N-dealkylation sites (tertiary alicyclic amines) is 1. The molecule has 1 fully saturated rings. The number of piperidine rings is 1. The van der Waals surface area contributed by atoms with E-state index in [1.165, 1.54) is 0 Å². The van der Waals surface area contributed by atoms with Gasteiger partial charge in [-0.15, -0.1) is 0 Å². The Balaban J connectivity index is 1.31. The van der Waals surface area contributed by atoms with Crippen molar-refractivity contribution >= 4 is 5.91 Å². The molecule has 1 unspecified atom stereocenters. The summed E-state index contributed by atoms with van der Waals surface area (Å²) in [5.41, 5.74) is 1.82. The molecule has 2 aromatic carbocycles. The maximum Gasteiger partial charge on any atom is 0.241 e. The molecule has 0 saturated carbocycles. The average Bonchev–Trinajstić information content (AvgIpc) is 3.36. The lowest BCUT2D eigenvalue weighted by Gasteiger charge is -2.30. The summed E-state index contributed by atoms with van der Waals surface area (Å²) >= 11 is 0. The molecule has 0 radical (unpaired) electrons. The van der Waals surface area contributed by atoms with Gasteiger partial charge < -0.3 is 24.1 Å². The van der Waals surface area contributed by atoms with Crippen LogP contribution in [0.3, 0.4) is 0 Å². The maximum absolute atomic E-state index is 12.8. The molecule has 1 aromatic heterocycles. The fourth-order valence-corrected chi connectivity index (χ4v) is 4.22. The number of benzene rings is 2. The van der Waals surface area contributed by atoms with Gasteiger partial charge in [0.15, 0.2) is 11.5 Å². The SMILES string of the molecule is CCOc1ccc(CNC(=O)C2CCCN(Cc3nc(-c4ccc(OC)c(OC)c4)no3)C2)cc1. The Labute approximate surface area is 205 Å². The van der Waals surface area contributed by atoms with E-state index in [1.54, 1.807) is 14.2 Å². The maximum atomic E-state index is 12.8. The highest BCUT2D eigenvalue weighted by Gasteiger charge is 2.27. The van der Waals surface area contributed by atoms with Crippen LogP contribution in [0.4, 0.5) is 0 Å². The van der Waals surface area contributed by atoms with Crippen molar-refractivity contribution < 1.29 is 23.5 Å². The van der Waals surface area contributed by atoms with Crippen molar-refractivity contribution in [2.45, 2.75) is 32.9 Å². The van der Waals surface area contributed by atoms with Gasteiger partial charge in [-0.25, -0.2) is 0 Å². The van der Waals surface area contributed by atoms with Crippen LogP contribution in [0.15, 0.2) is 47.0 Å².